The molecule has 0 saturated heterocycles. The topological polar surface area (TPSA) is 88.4 Å². The molecule has 0 bridgehead atoms. The molecule has 5 rings (SSSR count). The van der Waals surface area contributed by atoms with Crippen molar-refractivity contribution >= 4 is 21.9 Å². The van der Waals surface area contributed by atoms with Gasteiger partial charge < -0.3 is 14.0 Å². The van der Waals surface area contributed by atoms with Crippen molar-refractivity contribution in [3.63, 3.8) is 0 Å². The Morgan fingerprint density at radius 3 is 3.00 bits per heavy atom. The van der Waals surface area contributed by atoms with Crippen LogP contribution in [0.15, 0.2) is 53.5 Å². The highest BCUT2D eigenvalue weighted by molar-refractivity contribution is 6.05. The Bertz CT molecular complexity index is 1330. The Hall–Kier alpha value is -3.79. The van der Waals surface area contributed by atoms with Gasteiger partial charge >= 0.3 is 0 Å². The molecule has 28 heavy (non-hydrogen) atoms. The lowest BCUT2D eigenvalue weighted by atomic mass is 10.2. The van der Waals surface area contributed by atoms with Gasteiger partial charge in [0.25, 0.3) is 0 Å². The van der Waals surface area contributed by atoms with Gasteiger partial charge in [-0.15, -0.1) is 0 Å². The van der Waals surface area contributed by atoms with Crippen molar-refractivity contribution in [3.05, 3.63) is 54.8 Å². The molecule has 0 spiro atoms. The normalized spacial score (nSPS) is 11.4. The van der Waals surface area contributed by atoms with Crippen LogP contribution in [0, 0.1) is 18.3 Å². The predicted molar refractivity (Wildman–Crippen MR) is 106 cm³/mol. The van der Waals surface area contributed by atoms with Crippen LogP contribution in [-0.4, -0.2) is 24.3 Å². The molecule has 138 valence electrons. The Morgan fingerprint density at radius 1 is 1.25 bits per heavy atom. The van der Waals surface area contributed by atoms with Crippen LogP contribution >= 0.6 is 0 Å². The minimum Gasteiger partial charge on any atom is -0.460 e. The van der Waals surface area contributed by atoms with Gasteiger partial charge in [0.1, 0.15) is 11.4 Å². The molecule has 5 heterocycles. The van der Waals surface area contributed by atoms with Gasteiger partial charge in [-0.25, -0.2) is 4.98 Å². The van der Waals surface area contributed by atoms with Crippen LogP contribution in [0.4, 0.5) is 0 Å². The third kappa shape index (κ3) is 2.58. The number of nitrogens with zero attached hydrogens (tertiary/aromatic N) is 5. The summed E-state index contributed by atoms with van der Waals surface area (Å²) in [6.45, 7) is 2.65. The number of fused-ring (bicyclic) bond motifs is 3. The Kier molecular flexibility index (Phi) is 3.76. The van der Waals surface area contributed by atoms with E-state index in [-0.39, 0.29) is 0 Å². The molecule has 0 aliphatic rings. The summed E-state index contributed by atoms with van der Waals surface area (Å²) in [6.07, 6.45) is 8.94. The number of unbranched alkanes of at least 4 members (excludes halogenated alkanes) is 1. The van der Waals surface area contributed by atoms with Gasteiger partial charge in [-0.2, -0.15) is 10.4 Å². The fourth-order valence-corrected chi connectivity index (χ4v) is 3.63. The summed E-state index contributed by atoms with van der Waals surface area (Å²) >= 11 is 0. The molecule has 0 amide bonds. The third-order valence-electron chi connectivity index (χ3n) is 4.89. The van der Waals surface area contributed by atoms with E-state index in [0.717, 1.165) is 51.3 Å². The van der Waals surface area contributed by atoms with Gasteiger partial charge in [-0.1, -0.05) is 0 Å². The number of rotatable bonds is 5. The van der Waals surface area contributed by atoms with Crippen molar-refractivity contribution in [1.29, 1.82) is 5.26 Å². The van der Waals surface area contributed by atoms with Crippen molar-refractivity contribution in [2.24, 2.45) is 0 Å². The number of aromatic amines is 1. The number of H-pyrrole nitrogens is 1. The summed E-state index contributed by atoms with van der Waals surface area (Å²) in [5, 5.41) is 15.3. The second kappa shape index (κ2) is 6.43. The molecular formula is C21H18N6O. The number of aromatic nitrogens is 5. The summed E-state index contributed by atoms with van der Waals surface area (Å²) in [7, 11) is 0. The zero-order valence-electron chi connectivity index (χ0n) is 15.4. The Balaban J connectivity index is 1.73. The van der Waals surface area contributed by atoms with Crippen LogP contribution in [0.2, 0.25) is 0 Å². The monoisotopic (exact) mass is 370 g/mol. The fourth-order valence-electron chi connectivity index (χ4n) is 3.63. The lowest BCUT2D eigenvalue weighted by Gasteiger charge is -2.07. The van der Waals surface area contributed by atoms with Gasteiger partial charge in [0.15, 0.2) is 5.76 Å². The molecule has 0 radical (unpaired) electrons. The second-order valence-corrected chi connectivity index (χ2v) is 6.80. The number of hydrogen-bond acceptors (Lipinski definition) is 4. The van der Waals surface area contributed by atoms with E-state index in [4.69, 9.17) is 9.68 Å². The van der Waals surface area contributed by atoms with E-state index in [9.17, 15) is 0 Å². The molecule has 7 heteroatoms. The van der Waals surface area contributed by atoms with E-state index in [1.54, 1.807) is 0 Å². The number of nitrogens with one attached hydrogen (secondary N) is 1. The van der Waals surface area contributed by atoms with Gasteiger partial charge in [0.2, 0.25) is 0 Å². The van der Waals surface area contributed by atoms with Crippen LogP contribution in [0.25, 0.3) is 39.1 Å². The fraction of sp³-hybridized carbons (Fsp3) is 0.190. The van der Waals surface area contributed by atoms with E-state index in [1.807, 2.05) is 54.6 Å². The Morgan fingerprint density at radius 2 is 2.18 bits per heavy atom. The third-order valence-corrected chi connectivity index (χ3v) is 4.89. The highest BCUT2D eigenvalue weighted by atomic mass is 16.3. The summed E-state index contributed by atoms with van der Waals surface area (Å²) in [5.74, 6) is 1.67. The molecule has 0 atom stereocenters. The summed E-state index contributed by atoms with van der Waals surface area (Å²) in [6, 6.07) is 10.3. The smallest absolute Gasteiger partial charge is 0.151 e. The maximum atomic E-state index is 8.76. The van der Waals surface area contributed by atoms with Crippen molar-refractivity contribution in [3.8, 4) is 23.2 Å². The number of furan rings is 1. The number of pyridine rings is 1. The van der Waals surface area contributed by atoms with Gasteiger partial charge in [-0.3, -0.25) is 4.68 Å². The molecule has 5 aromatic heterocycles. The molecule has 0 saturated carbocycles. The molecule has 0 unspecified atom stereocenters. The molecular weight excluding hydrogens is 352 g/mol. The van der Waals surface area contributed by atoms with E-state index in [0.29, 0.717) is 13.0 Å². The predicted octanol–water partition coefficient (Wildman–Crippen LogP) is 4.58. The number of nitriles is 1. The summed E-state index contributed by atoms with van der Waals surface area (Å²) in [5.41, 5.74) is 3.81. The van der Waals surface area contributed by atoms with Crippen LogP contribution in [0.3, 0.4) is 0 Å². The van der Waals surface area contributed by atoms with E-state index < -0.39 is 0 Å². The highest BCUT2D eigenvalue weighted by Gasteiger charge is 2.19. The molecule has 0 aliphatic carbocycles. The van der Waals surface area contributed by atoms with Crippen LogP contribution < -0.4 is 0 Å². The quantitative estimate of drug-likeness (QED) is 0.459. The SMILES string of the molecule is Cc1ccc(-c2cc3cnc4[nH]ccc4c3n2-c2cnn(CCCC#N)c2)o1. The highest BCUT2D eigenvalue weighted by Crippen LogP contribution is 2.35. The maximum absolute atomic E-state index is 8.76. The molecule has 0 aliphatic heterocycles. The lowest BCUT2D eigenvalue weighted by molar-refractivity contribution is 0.545. The van der Waals surface area contributed by atoms with Crippen molar-refractivity contribution in [1.82, 2.24) is 24.3 Å². The van der Waals surface area contributed by atoms with E-state index in [1.165, 1.54) is 0 Å². The molecule has 0 aromatic carbocycles. The maximum Gasteiger partial charge on any atom is 0.151 e. The first-order valence-electron chi connectivity index (χ1n) is 9.19. The number of hydrogen-bond donors (Lipinski definition) is 1. The van der Waals surface area contributed by atoms with Gasteiger partial charge in [-0.05, 0) is 37.6 Å². The zero-order valence-corrected chi connectivity index (χ0v) is 15.4. The first-order chi connectivity index (χ1) is 13.7. The molecule has 0 fully saturated rings. The van der Waals surface area contributed by atoms with Gasteiger partial charge in [0.05, 0.1) is 29.2 Å². The average Bonchev–Trinajstić information content (AvgIpc) is 3.46. The minimum absolute atomic E-state index is 0.522. The van der Waals surface area contributed by atoms with E-state index >= 15 is 0 Å². The average molecular weight is 370 g/mol. The minimum atomic E-state index is 0.522. The standard InChI is InChI=1S/C21H18N6O/c1-14-4-5-19(28-14)18-10-15-11-24-21-17(6-8-23-21)20(15)27(18)16-12-25-26(13-16)9-3-2-7-22/h4-6,8,10-13H,2-3,9H2,1H3,(H,23,24). The Labute approximate surface area is 160 Å². The van der Waals surface area contributed by atoms with Crippen LogP contribution in [0.5, 0.6) is 0 Å². The molecule has 1 N–H and O–H groups in total. The first-order valence-corrected chi connectivity index (χ1v) is 9.19. The zero-order chi connectivity index (χ0) is 19.1. The summed E-state index contributed by atoms with van der Waals surface area (Å²) in [4.78, 5) is 7.70. The lowest BCUT2D eigenvalue weighted by Crippen LogP contribution is -1.98. The van der Waals surface area contributed by atoms with Gasteiger partial charge in [0, 0.05) is 42.3 Å². The molecule has 5 aromatic rings. The largest absolute Gasteiger partial charge is 0.460 e. The van der Waals surface area contributed by atoms with Crippen molar-refractivity contribution in [2.75, 3.05) is 0 Å². The van der Waals surface area contributed by atoms with Crippen molar-refractivity contribution in [2.45, 2.75) is 26.3 Å². The summed E-state index contributed by atoms with van der Waals surface area (Å²) < 4.78 is 9.97. The first kappa shape index (κ1) is 16.4. The van der Waals surface area contributed by atoms with Crippen molar-refractivity contribution < 1.29 is 4.42 Å². The van der Waals surface area contributed by atoms with Crippen LogP contribution in [0.1, 0.15) is 18.6 Å². The van der Waals surface area contributed by atoms with Crippen LogP contribution in [-0.2, 0) is 6.54 Å². The number of aryl methyl sites for hydroxylation is 2. The second-order valence-electron chi connectivity index (χ2n) is 6.80. The molecule has 7 nitrogen and oxygen atoms in total. The van der Waals surface area contributed by atoms with E-state index in [2.05, 4.69) is 31.8 Å².